The molecule has 0 bridgehead atoms. The van der Waals surface area contributed by atoms with Crippen LogP contribution in [-0.4, -0.2) is 29.4 Å². The van der Waals surface area contributed by atoms with E-state index in [9.17, 15) is 0 Å². The summed E-state index contributed by atoms with van der Waals surface area (Å²) in [7, 11) is 2.20. The van der Waals surface area contributed by atoms with Gasteiger partial charge in [0.15, 0.2) is 0 Å². The van der Waals surface area contributed by atoms with E-state index < -0.39 is 0 Å². The van der Waals surface area contributed by atoms with Crippen molar-refractivity contribution in [2.24, 2.45) is 0 Å². The van der Waals surface area contributed by atoms with Gasteiger partial charge in [0, 0.05) is 25.2 Å². The fourth-order valence-corrected chi connectivity index (χ4v) is 2.75. The maximum absolute atomic E-state index is 4.80. The Hall–Kier alpha value is -1.81. The molecule has 0 unspecified atom stereocenters. The van der Waals surface area contributed by atoms with Crippen molar-refractivity contribution < 1.29 is 0 Å². The Balaban J connectivity index is 2.06. The number of aromatic nitrogens is 2. The van der Waals surface area contributed by atoms with Crippen molar-refractivity contribution in [3.05, 3.63) is 41.6 Å². The smallest absolute Gasteiger partial charge is 0.137 e. The van der Waals surface area contributed by atoms with Crippen LogP contribution < -0.4 is 10.2 Å². The van der Waals surface area contributed by atoms with Crippen molar-refractivity contribution in [3.8, 4) is 5.69 Å². The first-order valence-corrected chi connectivity index (χ1v) is 7.79. The normalized spacial score (nSPS) is 14.4. The number of hydrogen-bond donors (Lipinski definition) is 1. The van der Waals surface area contributed by atoms with Gasteiger partial charge in [-0.25, -0.2) is 4.68 Å². The van der Waals surface area contributed by atoms with Crippen LogP contribution in [0.5, 0.6) is 0 Å². The van der Waals surface area contributed by atoms with E-state index in [4.69, 9.17) is 5.10 Å². The lowest BCUT2D eigenvalue weighted by molar-refractivity contribution is 0.718. The highest BCUT2D eigenvalue weighted by atomic mass is 15.4. The van der Waals surface area contributed by atoms with Crippen LogP contribution in [0.15, 0.2) is 30.3 Å². The summed E-state index contributed by atoms with van der Waals surface area (Å²) in [5.41, 5.74) is 3.56. The van der Waals surface area contributed by atoms with Gasteiger partial charge in [-0.05, 0) is 38.4 Å². The van der Waals surface area contributed by atoms with Crippen LogP contribution in [0.4, 0.5) is 5.82 Å². The molecule has 1 aromatic heterocycles. The minimum atomic E-state index is 0.670. The topological polar surface area (TPSA) is 33.1 Å². The molecule has 1 aliphatic carbocycles. The van der Waals surface area contributed by atoms with Crippen LogP contribution in [0.2, 0.25) is 0 Å². The van der Waals surface area contributed by atoms with Crippen molar-refractivity contribution in [3.63, 3.8) is 0 Å². The van der Waals surface area contributed by atoms with Gasteiger partial charge in [-0.1, -0.05) is 25.1 Å². The van der Waals surface area contributed by atoms with E-state index >= 15 is 0 Å². The third-order valence-electron chi connectivity index (χ3n) is 4.14. The second-order valence-electron chi connectivity index (χ2n) is 5.76. The number of rotatable bonds is 6. The fourth-order valence-electron chi connectivity index (χ4n) is 2.75. The first kappa shape index (κ1) is 14.1. The zero-order valence-corrected chi connectivity index (χ0v) is 13.1. The van der Waals surface area contributed by atoms with Gasteiger partial charge in [0.1, 0.15) is 5.82 Å². The van der Waals surface area contributed by atoms with Crippen LogP contribution in [0.25, 0.3) is 5.69 Å². The summed E-state index contributed by atoms with van der Waals surface area (Å²) in [4.78, 5) is 2.40. The minimum Gasteiger partial charge on any atom is -0.356 e. The lowest BCUT2D eigenvalue weighted by Crippen LogP contribution is -2.25. The molecule has 4 heteroatoms. The number of nitrogens with one attached hydrogen (secondary N) is 1. The van der Waals surface area contributed by atoms with E-state index in [0.717, 1.165) is 24.5 Å². The van der Waals surface area contributed by atoms with Crippen molar-refractivity contribution in [2.75, 3.05) is 18.5 Å². The van der Waals surface area contributed by atoms with Gasteiger partial charge >= 0.3 is 0 Å². The first-order chi connectivity index (χ1) is 10.2. The summed E-state index contributed by atoms with van der Waals surface area (Å²) in [5, 5.41) is 8.24. The number of anilines is 1. The largest absolute Gasteiger partial charge is 0.356 e. The molecule has 0 amide bonds. The summed E-state index contributed by atoms with van der Waals surface area (Å²) in [6.07, 6.45) is 2.58. The van der Waals surface area contributed by atoms with Crippen molar-refractivity contribution in [2.45, 2.75) is 39.3 Å². The summed E-state index contributed by atoms with van der Waals surface area (Å²) >= 11 is 0. The zero-order valence-electron chi connectivity index (χ0n) is 13.1. The second-order valence-corrected chi connectivity index (χ2v) is 5.76. The number of para-hydroxylation sites is 1. The predicted molar refractivity (Wildman–Crippen MR) is 87.1 cm³/mol. The molecule has 0 atom stereocenters. The van der Waals surface area contributed by atoms with E-state index in [1.54, 1.807) is 0 Å². The lowest BCUT2D eigenvalue weighted by atomic mass is 10.2. The van der Waals surface area contributed by atoms with Crippen LogP contribution in [0, 0.1) is 6.92 Å². The SMILES string of the molecule is CCNCc1c(C)nn(-c2ccccc2)c1N(C)C1CC1. The first-order valence-electron chi connectivity index (χ1n) is 7.79. The Morgan fingerprint density at radius 1 is 1.29 bits per heavy atom. The molecule has 1 saturated carbocycles. The van der Waals surface area contributed by atoms with Crippen molar-refractivity contribution in [1.29, 1.82) is 0 Å². The molecule has 0 aliphatic heterocycles. The van der Waals surface area contributed by atoms with E-state index in [1.807, 2.05) is 6.07 Å². The summed E-state index contributed by atoms with van der Waals surface area (Å²) in [6, 6.07) is 11.1. The molecule has 112 valence electrons. The Bertz CT molecular complexity index is 599. The van der Waals surface area contributed by atoms with E-state index in [-0.39, 0.29) is 0 Å². The number of nitrogens with zero attached hydrogens (tertiary/aromatic N) is 3. The minimum absolute atomic E-state index is 0.670. The van der Waals surface area contributed by atoms with Gasteiger partial charge in [-0.3, -0.25) is 0 Å². The van der Waals surface area contributed by atoms with Gasteiger partial charge in [0.05, 0.1) is 11.4 Å². The van der Waals surface area contributed by atoms with E-state index in [0.29, 0.717) is 6.04 Å². The molecular weight excluding hydrogens is 260 g/mol. The summed E-state index contributed by atoms with van der Waals surface area (Å²) < 4.78 is 2.10. The monoisotopic (exact) mass is 284 g/mol. The molecule has 0 spiro atoms. The number of benzene rings is 1. The van der Waals surface area contributed by atoms with Gasteiger partial charge in [0.25, 0.3) is 0 Å². The molecule has 21 heavy (non-hydrogen) atoms. The average molecular weight is 284 g/mol. The lowest BCUT2D eigenvalue weighted by Gasteiger charge is -2.22. The van der Waals surface area contributed by atoms with Gasteiger partial charge in [-0.15, -0.1) is 0 Å². The Morgan fingerprint density at radius 3 is 2.62 bits per heavy atom. The van der Waals surface area contributed by atoms with Crippen LogP contribution in [0.1, 0.15) is 31.0 Å². The molecule has 0 radical (unpaired) electrons. The molecule has 1 heterocycles. The number of hydrogen-bond acceptors (Lipinski definition) is 3. The second kappa shape index (κ2) is 5.90. The third kappa shape index (κ3) is 2.81. The zero-order chi connectivity index (χ0) is 14.8. The summed E-state index contributed by atoms with van der Waals surface area (Å²) in [5.74, 6) is 1.24. The van der Waals surface area contributed by atoms with Crippen LogP contribution in [-0.2, 0) is 6.54 Å². The van der Waals surface area contributed by atoms with Crippen molar-refractivity contribution >= 4 is 5.82 Å². The molecule has 3 rings (SSSR count). The van der Waals surface area contributed by atoms with Crippen LogP contribution in [0.3, 0.4) is 0 Å². The maximum atomic E-state index is 4.80. The van der Waals surface area contributed by atoms with Gasteiger partial charge < -0.3 is 10.2 Å². The van der Waals surface area contributed by atoms with Gasteiger partial charge in [0.2, 0.25) is 0 Å². The maximum Gasteiger partial charge on any atom is 0.137 e. The third-order valence-corrected chi connectivity index (χ3v) is 4.14. The summed E-state index contributed by atoms with van der Waals surface area (Å²) in [6.45, 7) is 6.10. The Labute approximate surface area is 126 Å². The molecular formula is C17H24N4. The van der Waals surface area contributed by atoms with Crippen LogP contribution >= 0.6 is 0 Å². The highest BCUT2D eigenvalue weighted by Gasteiger charge is 2.31. The Kier molecular flexibility index (Phi) is 3.97. The molecule has 4 nitrogen and oxygen atoms in total. The van der Waals surface area contributed by atoms with E-state index in [2.05, 4.69) is 60.1 Å². The van der Waals surface area contributed by atoms with Gasteiger partial charge in [-0.2, -0.15) is 5.10 Å². The number of aryl methyl sites for hydroxylation is 1. The molecule has 1 aromatic carbocycles. The Morgan fingerprint density at radius 2 is 2.00 bits per heavy atom. The highest BCUT2D eigenvalue weighted by Crippen LogP contribution is 2.34. The molecule has 0 saturated heterocycles. The standard InChI is InChI=1S/C17H24N4/c1-4-18-12-16-13(2)19-21(15-8-6-5-7-9-15)17(16)20(3)14-10-11-14/h5-9,14,18H,4,10-12H2,1-3H3. The van der Waals surface area contributed by atoms with E-state index in [1.165, 1.54) is 24.2 Å². The molecule has 1 N–H and O–H groups in total. The quantitative estimate of drug-likeness (QED) is 0.885. The molecule has 1 fully saturated rings. The predicted octanol–water partition coefficient (Wildman–Crippen LogP) is 2.89. The average Bonchev–Trinajstić information content (AvgIpc) is 3.30. The van der Waals surface area contributed by atoms with Crippen molar-refractivity contribution in [1.82, 2.24) is 15.1 Å². The fraction of sp³-hybridized carbons (Fsp3) is 0.471. The molecule has 1 aliphatic rings. The molecule has 2 aromatic rings. The highest BCUT2D eigenvalue weighted by molar-refractivity contribution is 5.56.